The van der Waals surface area contributed by atoms with Gasteiger partial charge in [0.15, 0.2) is 0 Å². The van der Waals surface area contributed by atoms with Crippen LogP contribution in [0.2, 0.25) is 0 Å². The summed E-state index contributed by atoms with van der Waals surface area (Å²) in [5.74, 6) is 0. The number of rotatable bonds is 4. The predicted molar refractivity (Wildman–Crippen MR) is 85.0 cm³/mol. The first kappa shape index (κ1) is 16.3. The maximum atomic E-state index is 9.95. The molecule has 2 aliphatic rings. The molecular formula is C17H34N2O. The Bertz CT molecular complexity index is 295. The molecule has 118 valence electrons. The van der Waals surface area contributed by atoms with Gasteiger partial charge in [-0.25, -0.2) is 0 Å². The van der Waals surface area contributed by atoms with Gasteiger partial charge in [0.1, 0.15) is 0 Å². The molecule has 0 amide bonds. The number of hydrogen-bond acceptors (Lipinski definition) is 3. The van der Waals surface area contributed by atoms with Crippen LogP contribution in [-0.2, 0) is 0 Å². The molecule has 3 nitrogen and oxygen atoms in total. The molecule has 2 fully saturated rings. The van der Waals surface area contributed by atoms with Gasteiger partial charge in [0.2, 0.25) is 0 Å². The van der Waals surface area contributed by atoms with Gasteiger partial charge in [0, 0.05) is 23.7 Å². The van der Waals surface area contributed by atoms with Crippen LogP contribution in [0.5, 0.6) is 0 Å². The Kier molecular flexibility index (Phi) is 5.88. The Morgan fingerprint density at radius 1 is 1.20 bits per heavy atom. The average molecular weight is 282 g/mol. The van der Waals surface area contributed by atoms with E-state index in [0.29, 0.717) is 12.1 Å². The lowest BCUT2D eigenvalue weighted by atomic mass is 9.78. The maximum Gasteiger partial charge on any atom is 0.0613 e. The number of aliphatic hydroxyl groups excluding tert-OH is 1. The zero-order valence-corrected chi connectivity index (χ0v) is 13.7. The topological polar surface area (TPSA) is 35.5 Å². The van der Waals surface area contributed by atoms with Gasteiger partial charge in [-0.1, -0.05) is 26.7 Å². The van der Waals surface area contributed by atoms with E-state index in [9.17, 15) is 5.11 Å². The van der Waals surface area contributed by atoms with Crippen LogP contribution in [0.25, 0.3) is 0 Å². The second-order valence-electron chi connectivity index (χ2n) is 7.42. The maximum absolute atomic E-state index is 9.95. The Morgan fingerprint density at radius 2 is 2.00 bits per heavy atom. The molecule has 0 aromatic heterocycles. The first-order valence-electron chi connectivity index (χ1n) is 8.70. The summed E-state index contributed by atoms with van der Waals surface area (Å²) in [6, 6.07) is 1.83. The van der Waals surface area contributed by atoms with Crippen molar-refractivity contribution in [1.29, 1.82) is 0 Å². The van der Waals surface area contributed by atoms with Crippen molar-refractivity contribution in [2.45, 2.75) is 95.8 Å². The normalized spacial score (nSPS) is 37.0. The SMILES string of the molecule is CC(C)NC1(CO)CCCC(N2CCCCCC2C)C1. The minimum Gasteiger partial charge on any atom is -0.394 e. The second-order valence-corrected chi connectivity index (χ2v) is 7.42. The Hall–Kier alpha value is -0.120. The van der Waals surface area contributed by atoms with Gasteiger partial charge in [-0.05, 0) is 52.0 Å². The molecule has 1 saturated carbocycles. The number of aliphatic hydroxyl groups is 1. The smallest absolute Gasteiger partial charge is 0.0613 e. The van der Waals surface area contributed by atoms with E-state index in [-0.39, 0.29) is 12.1 Å². The highest BCUT2D eigenvalue weighted by atomic mass is 16.3. The Balaban J connectivity index is 2.04. The first-order chi connectivity index (χ1) is 9.56. The third kappa shape index (κ3) is 3.96. The highest BCUT2D eigenvalue weighted by Gasteiger charge is 2.39. The first-order valence-corrected chi connectivity index (χ1v) is 8.70. The monoisotopic (exact) mass is 282 g/mol. The summed E-state index contributed by atoms with van der Waals surface area (Å²) >= 11 is 0. The van der Waals surface area contributed by atoms with Gasteiger partial charge in [-0.2, -0.15) is 0 Å². The summed E-state index contributed by atoms with van der Waals surface area (Å²) in [7, 11) is 0. The molecule has 0 aromatic carbocycles. The second kappa shape index (κ2) is 7.24. The standard InChI is InChI=1S/C17H34N2O/c1-14(2)18-17(13-20)10-7-9-16(12-17)19-11-6-4-5-8-15(19)3/h14-16,18,20H,4-13H2,1-3H3. The van der Waals surface area contributed by atoms with Crippen LogP contribution in [0.4, 0.5) is 0 Å². The van der Waals surface area contributed by atoms with Gasteiger partial charge < -0.3 is 10.4 Å². The summed E-state index contributed by atoms with van der Waals surface area (Å²) in [5.41, 5.74) is -0.0386. The number of hydrogen-bond donors (Lipinski definition) is 2. The van der Waals surface area contributed by atoms with Crippen LogP contribution in [0.15, 0.2) is 0 Å². The molecule has 0 bridgehead atoms. The van der Waals surface area contributed by atoms with Crippen molar-refractivity contribution in [3.8, 4) is 0 Å². The van der Waals surface area contributed by atoms with E-state index in [0.717, 1.165) is 18.9 Å². The molecule has 0 aromatic rings. The van der Waals surface area contributed by atoms with E-state index in [1.165, 1.54) is 45.1 Å². The lowest BCUT2D eigenvalue weighted by Crippen LogP contribution is -2.58. The number of nitrogens with zero attached hydrogens (tertiary/aromatic N) is 1. The van der Waals surface area contributed by atoms with Crippen molar-refractivity contribution >= 4 is 0 Å². The molecule has 1 aliphatic carbocycles. The third-order valence-electron chi connectivity index (χ3n) is 5.29. The highest BCUT2D eigenvalue weighted by Crippen LogP contribution is 2.34. The molecule has 0 radical (unpaired) electrons. The van der Waals surface area contributed by atoms with Crippen LogP contribution < -0.4 is 5.32 Å². The van der Waals surface area contributed by atoms with E-state index >= 15 is 0 Å². The fraction of sp³-hybridized carbons (Fsp3) is 1.00. The van der Waals surface area contributed by atoms with Crippen LogP contribution in [0.1, 0.15) is 72.1 Å². The molecule has 3 unspecified atom stereocenters. The molecule has 2 rings (SSSR count). The average Bonchev–Trinajstić information content (AvgIpc) is 2.63. The van der Waals surface area contributed by atoms with Crippen molar-refractivity contribution in [2.24, 2.45) is 0 Å². The molecule has 2 N–H and O–H groups in total. The summed E-state index contributed by atoms with van der Waals surface area (Å²) in [6.07, 6.45) is 10.3. The van der Waals surface area contributed by atoms with Crippen LogP contribution >= 0.6 is 0 Å². The fourth-order valence-electron chi connectivity index (χ4n) is 4.39. The molecule has 1 aliphatic heterocycles. The minimum atomic E-state index is -0.0386. The minimum absolute atomic E-state index is 0.0386. The molecule has 1 saturated heterocycles. The van der Waals surface area contributed by atoms with Crippen molar-refractivity contribution in [3.63, 3.8) is 0 Å². The molecule has 1 heterocycles. The highest BCUT2D eigenvalue weighted by molar-refractivity contribution is 4.98. The number of nitrogens with one attached hydrogen (secondary N) is 1. The Morgan fingerprint density at radius 3 is 2.70 bits per heavy atom. The van der Waals surface area contributed by atoms with E-state index in [2.05, 4.69) is 31.0 Å². The summed E-state index contributed by atoms with van der Waals surface area (Å²) in [5, 5.41) is 13.6. The molecular weight excluding hydrogens is 248 g/mol. The fourth-order valence-corrected chi connectivity index (χ4v) is 4.39. The lowest BCUT2D eigenvalue weighted by molar-refractivity contribution is 0.0392. The van der Waals surface area contributed by atoms with Crippen molar-refractivity contribution < 1.29 is 5.11 Å². The summed E-state index contributed by atoms with van der Waals surface area (Å²) in [6.45, 7) is 8.32. The van der Waals surface area contributed by atoms with Crippen molar-refractivity contribution in [3.05, 3.63) is 0 Å². The Labute approximate surface area is 125 Å². The predicted octanol–water partition coefficient (Wildman–Crippen LogP) is 2.92. The largest absolute Gasteiger partial charge is 0.394 e. The van der Waals surface area contributed by atoms with E-state index < -0.39 is 0 Å². The summed E-state index contributed by atoms with van der Waals surface area (Å²) < 4.78 is 0. The number of likely N-dealkylation sites (tertiary alicyclic amines) is 1. The van der Waals surface area contributed by atoms with Gasteiger partial charge >= 0.3 is 0 Å². The van der Waals surface area contributed by atoms with Gasteiger partial charge in [0.25, 0.3) is 0 Å². The van der Waals surface area contributed by atoms with Gasteiger partial charge in [-0.3, -0.25) is 4.90 Å². The molecule has 0 spiro atoms. The zero-order valence-electron chi connectivity index (χ0n) is 13.7. The molecule has 3 atom stereocenters. The third-order valence-corrected chi connectivity index (χ3v) is 5.29. The quantitative estimate of drug-likeness (QED) is 0.832. The summed E-state index contributed by atoms with van der Waals surface area (Å²) in [4.78, 5) is 2.75. The van der Waals surface area contributed by atoms with Crippen LogP contribution in [0.3, 0.4) is 0 Å². The van der Waals surface area contributed by atoms with Crippen LogP contribution in [-0.4, -0.2) is 46.8 Å². The molecule has 20 heavy (non-hydrogen) atoms. The van der Waals surface area contributed by atoms with Crippen LogP contribution in [0, 0.1) is 0 Å². The van der Waals surface area contributed by atoms with Crippen molar-refractivity contribution in [1.82, 2.24) is 10.2 Å². The van der Waals surface area contributed by atoms with E-state index in [4.69, 9.17) is 0 Å². The molecule has 3 heteroatoms. The van der Waals surface area contributed by atoms with E-state index in [1.54, 1.807) is 0 Å². The van der Waals surface area contributed by atoms with Gasteiger partial charge in [0.05, 0.1) is 6.61 Å². The van der Waals surface area contributed by atoms with E-state index in [1.807, 2.05) is 0 Å². The lowest BCUT2D eigenvalue weighted by Gasteiger charge is -2.46. The zero-order chi connectivity index (χ0) is 14.6. The van der Waals surface area contributed by atoms with Gasteiger partial charge in [-0.15, -0.1) is 0 Å². The van der Waals surface area contributed by atoms with Crippen molar-refractivity contribution in [2.75, 3.05) is 13.2 Å².